The van der Waals surface area contributed by atoms with Crippen LogP contribution in [0.25, 0.3) is 0 Å². The zero-order valence-electron chi connectivity index (χ0n) is 10.1. The Bertz CT molecular complexity index is 449. The number of aliphatic hydroxyl groups is 2. The molecule has 4 N–H and O–H groups in total. The Balaban J connectivity index is 2.47. The summed E-state index contributed by atoms with van der Waals surface area (Å²) in [5.74, 6) is -1.97. The van der Waals surface area contributed by atoms with Crippen molar-refractivity contribution >= 4 is 11.8 Å². The van der Waals surface area contributed by atoms with E-state index in [1.165, 1.54) is 18.2 Å². The molecule has 0 heterocycles. The number of amides is 2. The predicted octanol–water partition coefficient (Wildman–Crippen LogP) is -0.975. The quantitative estimate of drug-likeness (QED) is 0.534. The normalized spacial score (nSPS) is 10.3. The van der Waals surface area contributed by atoms with Gasteiger partial charge in [0.05, 0.1) is 31.4 Å². The molecular formula is C12H15FN2O4. The Morgan fingerprint density at radius 2 is 1.84 bits per heavy atom. The molecule has 0 aromatic heterocycles. The number of hydrogen-bond acceptors (Lipinski definition) is 4. The molecule has 1 aromatic carbocycles. The van der Waals surface area contributed by atoms with Crippen LogP contribution >= 0.6 is 0 Å². The summed E-state index contributed by atoms with van der Waals surface area (Å²) in [6.45, 7) is -1.20. The topological polar surface area (TPSA) is 98.7 Å². The smallest absolute Gasteiger partial charge is 0.254 e. The first-order valence-corrected chi connectivity index (χ1v) is 5.62. The largest absolute Gasteiger partial charge is 0.394 e. The molecule has 1 rings (SSSR count). The van der Waals surface area contributed by atoms with Crippen molar-refractivity contribution in [2.24, 2.45) is 0 Å². The Labute approximate surface area is 109 Å². The van der Waals surface area contributed by atoms with Gasteiger partial charge in [-0.15, -0.1) is 0 Å². The minimum absolute atomic E-state index is 0.156. The van der Waals surface area contributed by atoms with Crippen molar-refractivity contribution in [3.05, 3.63) is 35.6 Å². The second kappa shape index (κ2) is 7.45. The summed E-state index contributed by atoms with van der Waals surface area (Å²) in [4.78, 5) is 22.9. The molecule has 0 radical (unpaired) electrons. The maximum atomic E-state index is 13.3. The molecule has 0 spiro atoms. The first-order valence-electron chi connectivity index (χ1n) is 5.62. The van der Waals surface area contributed by atoms with E-state index in [4.69, 9.17) is 10.2 Å². The molecule has 1 aromatic rings. The zero-order valence-corrected chi connectivity index (χ0v) is 10.1. The van der Waals surface area contributed by atoms with E-state index in [0.29, 0.717) is 0 Å². The van der Waals surface area contributed by atoms with Crippen LogP contribution in [-0.4, -0.2) is 47.8 Å². The summed E-state index contributed by atoms with van der Waals surface area (Å²) < 4.78 is 13.3. The lowest BCUT2D eigenvalue weighted by atomic mass is 10.2. The highest BCUT2D eigenvalue weighted by atomic mass is 19.1. The monoisotopic (exact) mass is 270 g/mol. The van der Waals surface area contributed by atoms with Crippen molar-refractivity contribution in [1.82, 2.24) is 10.6 Å². The highest BCUT2D eigenvalue weighted by Crippen LogP contribution is 2.05. The number of aliphatic hydroxyl groups excluding tert-OH is 2. The first-order chi connectivity index (χ1) is 9.08. The third-order valence-corrected chi connectivity index (χ3v) is 2.33. The fraction of sp³-hybridized carbons (Fsp3) is 0.333. The molecule has 0 aliphatic carbocycles. The van der Waals surface area contributed by atoms with Crippen LogP contribution in [-0.2, 0) is 4.79 Å². The summed E-state index contributed by atoms with van der Waals surface area (Å²) >= 11 is 0. The summed E-state index contributed by atoms with van der Waals surface area (Å²) in [7, 11) is 0. The molecule has 0 unspecified atom stereocenters. The minimum Gasteiger partial charge on any atom is -0.394 e. The van der Waals surface area contributed by atoms with E-state index in [0.717, 1.165) is 6.07 Å². The molecule has 0 bridgehead atoms. The van der Waals surface area contributed by atoms with Crippen molar-refractivity contribution in [2.45, 2.75) is 6.04 Å². The van der Waals surface area contributed by atoms with Gasteiger partial charge in [-0.05, 0) is 12.1 Å². The third-order valence-electron chi connectivity index (χ3n) is 2.33. The average molecular weight is 270 g/mol. The molecule has 0 fully saturated rings. The van der Waals surface area contributed by atoms with Gasteiger partial charge in [-0.1, -0.05) is 12.1 Å². The van der Waals surface area contributed by atoms with Gasteiger partial charge in [0.25, 0.3) is 5.91 Å². The van der Waals surface area contributed by atoms with E-state index in [-0.39, 0.29) is 12.1 Å². The number of nitrogens with one attached hydrogen (secondary N) is 2. The lowest BCUT2D eigenvalue weighted by molar-refractivity contribution is -0.121. The van der Waals surface area contributed by atoms with Crippen LogP contribution in [0, 0.1) is 5.82 Å². The van der Waals surface area contributed by atoms with Crippen LogP contribution < -0.4 is 10.6 Å². The SMILES string of the molecule is O=C(CNC(=O)c1ccccc1F)NC(CO)CO. The molecule has 19 heavy (non-hydrogen) atoms. The van der Waals surface area contributed by atoms with Gasteiger partial charge >= 0.3 is 0 Å². The van der Waals surface area contributed by atoms with Crippen LogP contribution in [0.3, 0.4) is 0 Å². The molecule has 0 atom stereocenters. The molecule has 7 heteroatoms. The van der Waals surface area contributed by atoms with E-state index >= 15 is 0 Å². The molecule has 0 saturated carbocycles. The fourth-order valence-corrected chi connectivity index (χ4v) is 1.33. The molecule has 0 saturated heterocycles. The maximum Gasteiger partial charge on any atom is 0.254 e. The van der Waals surface area contributed by atoms with Crippen LogP contribution in [0.15, 0.2) is 24.3 Å². The number of rotatable bonds is 6. The molecular weight excluding hydrogens is 255 g/mol. The molecule has 104 valence electrons. The number of carbonyl (C=O) groups excluding carboxylic acids is 2. The van der Waals surface area contributed by atoms with E-state index in [1.54, 1.807) is 0 Å². The van der Waals surface area contributed by atoms with Gasteiger partial charge in [0.2, 0.25) is 5.91 Å². The number of halogens is 1. The summed E-state index contributed by atoms with van der Waals surface area (Å²) in [6, 6.07) is 4.62. The van der Waals surface area contributed by atoms with Gasteiger partial charge in [-0.2, -0.15) is 0 Å². The predicted molar refractivity (Wildman–Crippen MR) is 64.8 cm³/mol. The van der Waals surface area contributed by atoms with Crippen LogP contribution in [0.2, 0.25) is 0 Å². The standard InChI is InChI=1S/C12H15FN2O4/c13-10-4-2-1-3-9(10)12(19)14-5-11(18)15-8(6-16)7-17/h1-4,8,16-17H,5-7H2,(H,14,19)(H,15,18). The van der Waals surface area contributed by atoms with E-state index < -0.39 is 36.9 Å². The van der Waals surface area contributed by atoms with Crippen molar-refractivity contribution in [2.75, 3.05) is 19.8 Å². The van der Waals surface area contributed by atoms with Gasteiger partial charge in [-0.25, -0.2) is 4.39 Å². The Morgan fingerprint density at radius 1 is 1.21 bits per heavy atom. The zero-order chi connectivity index (χ0) is 14.3. The van der Waals surface area contributed by atoms with Crippen molar-refractivity contribution in [1.29, 1.82) is 0 Å². The van der Waals surface area contributed by atoms with E-state index in [1.807, 2.05) is 0 Å². The van der Waals surface area contributed by atoms with Crippen molar-refractivity contribution in [3.63, 3.8) is 0 Å². The summed E-state index contributed by atoms with van der Waals surface area (Å²) in [6.07, 6.45) is 0. The lowest BCUT2D eigenvalue weighted by Gasteiger charge is -2.13. The van der Waals surface area contributed by atoms with Gasteiger partial charge in [0, 0.05) is 0 Å². The Kier molecular flexibility index (Phi) is 5.91. The molecule has 6 nitrogen and oxygen atoms in total. The number of carbonyl (C=O) groups is 2. The van der Waals surface area contributed by atoms with Gasteiger partial charge in [0.1, 0.15) is 5.82 Å². The maximum absolute atomic E-state index is 13.3. The van der Waals surface area contributed by atoms with E-state index in [9.17, 15) is 14.0 Å². The highest BCUT2D eigenvalue weighted by molar-refractivity contribution is 5.96. The first kappa shape index (κ1) is 15.1. The Hall–Kier alpha value is -1.99. The minimum atomic E-state index is -0.780. The van der Waals surface area contributed by atoms with Crippen LogP contribution in [0.4, 0.5) is 4.39 Å². The van der Waals surface area contributed by atoms with Gasteiger partial charge < -0.3 is 20.8 Å². The second-order valence-electron chi connectivity index (χ2n) is 3.79. The molecule has 0 aliphatic rings. The van der Waals surface area contributed by atoms with Crippen LogP contribution in [0.1, 0.15) is 10.4 Å². The second-order valence-corrected chi connectivity index (χ2v) is 3.79. The van der Waals surface area contributed by atoms with Crippen molar-refractivity contribution < 1.29 is 24.2 Å². The van der Waals surface area contributed by atoms with Crippen LogP contribution in [0.5, 0.6) is 0 Å². The highest BCUT2D eigenvalue weighted by Gasteiger charge is 2.13. The molecule has 2 amide bonds. The van der Waals surface area contributed by atoms with E-state index in [2.05, 4.69) is 10.6 Å². The number of hydrogen-bond donors (Lipinski definition) is 4. The van der Waals surface area contributed by atoms with Gasteiger partial charge in [-0.3, -0.25) is 9.59 Å². The molecule has 0 aliphatic heterocycles. The average Bonchev–Trinajstić information content (AvgIpc) is 2.42. The fourth-order valence-electron chi connectivity index (χ4n) is 1.33. The van der Waals surface area contributed by atoms with Crippen molar-refractivity contribution in [3.8, 4) is 0 Å². The summed E-state index contributed by atoms with van der Waals surface area (Å²) in [5.41, 5.74) is -0.156. The summed E-state index contributed by atoms with van der Waals surface area (Å²) in [5, 5.41) is 22.0. The third kappa shape index (κ3) is 4.65. The lowest BCUT2D eigenvalue weighted by Crippen LogP contribution is -2.45. The van der Waals surface area contributed by atoms with Gasteiger partial charge in [0.15, 0.2) is 0 Å². The Morgan fingerprint density at radius 3 is 2.42 bits per heavy atom. The number of benzene rings is 1.